The number of thiophene rings is 1. The molecule has 2 rings (SSSR count). The molecule has 0 atom stereocenters. The summed E-state index contributed by atoms with van der Waals surface area (Å²) in [7, 11) is 1.31. The third-order valence-corrected chi connectivity index (χ3v) is 4.76. The normalized spacial score (nSPS) is 15.9. The number of carbonyl (C=O) groups excluding carboxylic acids is 1. The summed E-state index contributed by atoms with van der Waals surface area (Å²) in [6, 6.07) is 2.11. The Morgan fingerprint density at radius 1 is 1.45 bits per heavy atom. The van der Waals surface area contributed by atoms with Crippen LogP contribution in [0.1, 0.15) is 22.2 Å². The molecule has 0 unspecified atom stereocenters. The first-order valence-electron chi connectivity index (χ1n) is 6.50. The van der Waals surface area contributed by atoms with Crippen molar-refractivity contribution in [1.82, 2.24) is 4.90 Å². The molecule has 20 heavy (non-hydrogen) atoms. The van der Waals surface area contributed by atoms with E-state index >= 15 is 0 Å². The smallest absolute Gasteiger partial charge is 0.350 e. The molecule has 1 aromatic rings. The Kier molecular flexibility index (Phi) is 4.47. The van der Waals surface area contributed by atoms with E-state index in [0.29, 0.717) is 10.4 Å². The van der Waals surface area contributed by atoms with Gasteiger partial charge in [0.05, 0.1) is 12.8 Å². The van der Waals surface area contributed by atoms with Gasteiger partial charge in [-0.05, 0) is 6.54 Å². The lowest BCUT2D eigenvalue weighted by molar-refractivity contribution is 0.0607. The number of nitrogens with zero attached hydrogens (tertiary/aromatic N) is 3. The molecule has 0 aliphatic carbocycles. The summed E-state index contributed by atoms with van der Waals surface area (Å²) in [4.78, 5) is 16.5. The lowest BCUT2D eigenvalue weighted by Gasteiger charge is -2.34. The number of nitriles is 1. The topological polar surface area (TPSA) is 82.6 Å². The first-order chi connectivity index (χ1) is 9.62. The van der Waals surface area contributed by atoms with Crippen LogP contribution in [0, 0.1) is 11.3 Å². The molecule has 1 aliphatic heterocycles. The van der Waals surface area contributed by atoms with Crippen LogP contribution < -0.4 is 10.6 Å². The van der Waals surface area contributed by atoms with Crippen LogP contribution in [0.2, 0.25) is 0 Å². The second kappa shape index (κ2) is 6.11. The molecular weight excluding hydrogens is 276 g/mol. The Labute approximate surface area is 122 Å². The van der Waals surface area contributed by atoms with Crippen molar-refractivity contribution in [2.45, 2.75) is 6.92 Å². The highest BCUT2D eigenvalue weighted by Crippen LogP contribution is 2.38. The third-order valence-electron chi connectivity index (χ3n) is 3.52. The van der Waals surface area contributed by atoms with Gasteiger partial charge in [-0.25, -0.2) is 4.79 Å². The van der Waals surface area contributed by atoms with Crippen molar-refractivity contribution in [3.05, 3.63) is 10.4 Å². The van der Waals surface area contributed by atoms with Crippen LogP contribution in [0.5, 0.6) is 0 Å². The Bertz CT molecular complexity index is 541. The molecule has 1 saturated heterocycles. The highest BCUT2D eigenvalue weighted by molar-refractivity contribution is 7.18. The van der Waals surface area contributed by atoms with E-state index < -0.39 is 5.97 Å². The van der Waals surface area contributed by atoms with E-state index in [-0.39, 0.29) is 5.69 Å². The quantitative estimate of drug-likeness (QED) is 0.842. The lowest BCUT2D eigenvalue weighted by atomic mass is 10.2. The number of piperazine rings is 1. The Hall–Kier alpha value is -1.78. The summed E-state index contributed by atoms with van der Waals surface area (Å²) in [6.45, 7) is 6.74. The average Bonchev–Trinajstić information content (AvgIpc) is 2.83. The zero-order valence-electron chi connectivity index (χ0n) is 11.7. The van der Waals surface area contributed by atoms with Crippen LogP contribution in [-0.4, -0.2) is 50.7 Å². The molecule has 108 valence electrons. The van der Waals surface area contributed by atoms with E-state index in [1.165, 1.54) is 18.4 Å². The van der Waals surface area contributed by atoms with Gasteiger partial charge in [0, 0.05) is 26.2 Å². The first kappa shape index (κ1) is 14.6. The van der Waals surface area contributed by atoms with Gasteiger partial charge in [0.25, 0.3) is 0 Å². The molecular formula is C13H18N4O2S. The highest BCUT2D eigenvalue weighted by Gasteiger charge is 2.26. The number of carbonyl (C=O) groups is 1. The van der Waals surface area contributed by atoms with Gasteiger partial charge in [-0.2, -0.15) is 5.26 Å². The summed E-state index contributed by atoms with van der Waals surface area (Å²) in [5.41, 5.74) is 6.52. The number of nitrogens with two attached hydrogens (primary N) is 1. The minimum absolute atomic E-state index is 0.234. The molecule has 0 aromatic carbocycles. The first-order valence-corrected chi connectivity index (χ1v) is 7.32. The molecule has 0 amide bonds. The summed E-state index contributed by atoms with van der Waals surface area (Å²) < 4.78 is 4.71. The molecule has 1 fully saturated rings. The van der Waals surface area contributed by atoms with E-state index in [0.717, 1.165) is 37.7 Å². The molecule has 1 aromatic heterocycles. The fraction of sp³-hybridized carbons (Fsp3) is 0.538. The van der Waals surface area contributed by atoms with Gasteiger partial charge in [0.1, 0.15) is 21.5 Å². The number of likely N-dealkylation sites (N-methyl/N-ethyl adjacent to an activating group) is 1. The van der Waals surface area contributed by atoms with Crippen molar-refractivity contribution < 1.29 is 9.53 Å². The monoisotopic (exact) mass is 294 g/mol. The van der Waals surface area contributed by atoms with Gasteiger partial charge < -0.3 is 20.3 Å². The van der Waals surface area contributed by atoms with Crippen LogP contribution in [0.15, 0.2) is 0 Å². The molecule has 0 bridgehead atoms. The minimum atomic E-state index is -0.484. The predicted molar refractivity (Wildman–Crippen MR) is 79.1 cm³/mol. The standard InChI is InChI=1S/C13H18N4O2S/c1-3-16-4-6-17(7-5-16)12-9(8-14)10(15)11(20-12)13(18)19-2/h3-7,15H2,1-2H3. The number of methoxy groups -OCH3 is 1. The second-order valence-corrected chi connectivity index (χ2v) is 5.55. The van der Waals surface area contributed by atoms with Gasteiger partial charge in [0.2, 0.25) is 0 Å². The van der Waals surface area contributed by atoms with Gasteiger partial charge in [0.15, 0.2) is 0 Å². The number of ether oxygens (including phenoxy) is 1. The van der Waals surface area contributed by atoms with Crippen molar-refractivity contribution >= 4 is 28.0 Å². The second-order valence-electron chi connectivity index (χ2n) is 4.55. The summed E-state index contributed by atoms with van der Waals surface area (Å²) in [6.07, 6.45) is 0. The Morgan fingerprint density at radius 3 is 2.60 bits per heavy atom. The fourth-order valence-corrected chi connectivity index (χ4v) is 3.42. The van der Waals surface area contributed by atoms with Gasteiger partial charge in [-0.3, -0.25) is 0 Å². The Morgan fingerprint density at radius 2 is 2.10 bits per heavy atom. The number of hydrogen-bond acceptors (Lipinski definition) is 7. The maximum absolute atomic E-state index is 11.7. The number of hydrogen-bond donors (Lipinski definition) is 1. The molecule has 0 saturated carbocycles. The van der Waals surface area contributed by atoms with Crippen molar-refractivity contribution in [3.63, 3.8) is 0 Å². The summed E-state index contributed by atoms with van der Waals surface area (Å²) >= 11 is 1.24. The molecule has 2 heterocycles. The van der Waals surface area contributed by atoms with E-state index in [2.05, 4.69) is 22.8 Å². The van der Waals surface area contributed by atoms with E-state index in [1.807, 2.05) is 0 Å². The van der Waals surface area contributed by atoms with Crippen LogP contribution in [0.4, 0.5) is 10.7 Å². The molecule has 6 nitrogen and oxygen atoms in total. The number of esters is 1. The van der Waals surface area contributed by atoms with E-state index in [4.69, 9.17) is 10.5 Å². The number of anilines is 2. The average molecular weight is 294 g/mol. The fourth-order valence-electron chi connectivity index (χ4n) is 2.27. The maximum atomic E-state index is 11.7. The van der Waals surface area contributed by atoms with Crippen LogP contribution in [-0.2, 0) is 4.74 Å². The number of rotatable bonds is 3. The molecule has 1 aliphatic rings. The third kappa shape index (κ3) is 2.57. The molecule has 0 spiro atoms. The Balaban J connectivity index is 2.28. The largest absolute Gasteiger partial charge is 0.465 e. The summed E-state index contributed by atoms with van der Waals surface area (Å²) in [5, 5.41) is 10.1. The van der Waals surface area contributed by atoms with Gasteiger partial charge >= 0.3 is 5.97 Å². The zero-order chi connectivity index (χ0) is 14.7. The predicted octanol–water partition coefficient (Wildman–Crippen LogP) is 1.13. The van der Waals surface area contributed by atoms with E-state index in [9.17, 15) is 10.1 Å². The van der Waals surface area contributed by atoms with Gasteiger partial charge in [-0.15, -0.1) is 11.3 Å². The van der Waals surface area contributed by atoms with Crippen molar-refractivity contribution in [3.8, 4) is 6.07 Å². The van der Waals surface area contributed by atoms with Crippen LogP contribution in [0.3, 0.4) is 0 Å². The minimum Gasteiger partial charge on any atom is -0.465 e. The van der Waals surface area contributed by atoms with Crippen molar-refractivity contribution in [1.29, 1.82) is 5.26 Å². The van der Waals surface area contributed by atoms with Crippen LogP contribution in [0.25, 0.3) is 0 Å². The number of nitrogen functional groups attached to an aromatic ring is 1. The van der Waals surface area contributed by atoms with Gasteiger partial charge in [-0.1, -0.05) is 6.92 Å². The SMILES string of the molecule is CCN1CCN(c2sc(C(=O)OC)c(N)c2C#N)CC1. The van der Waals surface area contributed by atoms with Crippen molar-refractivity contribution in [2.24, 2.45) is 0 Å². The summed E-state index contributed by atoms with van der Waals surface area (Å²) in [5.74, 6) is -0.484. The van der Waals surface area contributed by atoms with Crippen LogP contribution >= 0.6 is 11.3 Å². The maximum Gasteiger partial charge on any atom is 0.350 e. The van der Waals surface area contributed by atoms with Crippen molar-refractivity contribution in [2.75, 3.05) is 50.5 Å². The highest BCUT2D eigenvalue weighted by atomic mass is 32.1. The lowest BCUT2D eigenvalue weighted by Crippen LogP contribution is -2.46. The molecule has 7 heteroatoms. The molecule has 2 N–H and O–H groups in total. The van der Waals surface area contributed by atoms with E-state index in [1.54, 1.807) is 0 Å². The molecule has 0 radical (unpaired) electrons. The zero-order valence-corrected chi connectivity index (χ0v) is 12.5.